The summed E-state index contributed by atoms with van der Waals surface area (Å²) in [6.45, 7) is 1.61. The van der Waals surface area contributed by atoms with Crippen LogP contribution in [0.1, 0.15) is 6.42 Å². The molecule has 0 bridgehead atoms. The van der Waals surface area contributed by atoms with E-state index < -0.39 is 0 Å². The molecule has 0 aromatic heterocycles. The monoisotopic (exact) mass is 190 g/mol. The lowest BCUT2D eigenvalue weighted by Gasteiger charge is -2.21. The van der Waals surface area contributed by atoms with Gasteiger partial charge in [0.1, 0.15) is 6.10 Å². The highest BCUT2D eigenvalue weighted by Crippen LogP contribution is 2.06. The van der Waals surface area contributed by atoms with Gasteiger partial charge in [0.05, 0.1) is 19.8 Å². The maximum absolute atomic E-state index is 11.3. The maximum atomic E-state index is 11.3. The summed E-state index contributed by atoms with van der Waals surface area (Å²) in [4.78, 5) is 11.3. The maximum Gasteiger partial charge on any atom is 0.164 e. The molecule has 1 heterocycles. The number of Topliss-reactive ketones (excluding diaryl/α,β-unsaturated/α-hetero) is 1. The Hall–Kier alpha value is -0.0600. The van der Waals surface area contributed by atoms with Crippen LogP contribution in [0, 0.1) is 0 Å². The van der Waals surface area contributed by atoms with E-state index >= 15 is 0 Å². The zero-order valence-electron chi connectivity index (χ0n) is 7.25. The second kappa shape index (κ2) is 5.56. The van der Waals surface area contributed by atoms with E-state index in [0.717, 1.165) is 5.75 Å². The Morgan fingerprint density at radius 1 is 1.58 bits per heavy atom. The second-order valence-corrected chi connectivity index (χ2v) is 3.63. The van der Waals surface area contributed by atoms with Crippen molar-refractivity contribution in [2.75, 3.05) is 31.8 Å². The van der Waals surface area contributed by atoms with Crippen molar-refractivity contribution in [2.45, 2.75) is 12.5 Å². The first-order valence-electron chi connectivity index (χ1n) is 4.05. The molecule has 1 rings (SSSR count). The number of carbonyl (C=O) groups is 1. The third-order valence-corrected chi connectivity index (χ3v) is 2.34. The molecule has 1 unspecified atom stereocenters. The van der Waals surface area contributed by atoms with Gasteiger partial charge in [0.25, 0.3) is 0 Å². The Balaban J connectivity index is 2.20. The summed E-state index contributed by atoms with van der Waals surface area (Å²) in [6, 6.07) is 0. The molecule has 0 spiro atoms. The van der Waals surface area contributed by atoms with E-state index in [1.165, 1.54) is 0 Å². The Labute approximate surface area is 76.8 Å². The van der Waals surface area contributed by atoms with Gasteiger partial charge in [-0.2, -0.15) is 11.8 Å². The van der Waals surface area contributed by atoms with E-state index in [2.05, 4.69) is 0 Å². The van der Waals surface area contributed by atoms with Gasteiger partial charge in [0.15, 0.2) is 5.78 Å². The zero-order valence-corrected chi connectivity index (χ0v) is 8.06. The SMILES string of the molecule is CSCCC(=O)C1COCCO1. The number of ether oxygens (including phenoxy) is 2. The first-order valence-corrected chi connectivity index (χ1v) is 5.45. The van der Waals surface area contributed by atoms with Crippen LogP contribution in [0.4, 0.5) is 0 Å². The largest absolute Gasteiger partial charge is 0.376 e. The van der Waals surface area contributed by atoms with Crippen LogP contribution >= 0.6 is 11.8 Å². The highest BCUT2D eigenvalue weighted by molar-refractivity contribution is 7.98. The normalized spacial score (nSPS) is 23.9. The van der Waals surface area contributed by atoms with E-state index in [4.69, 9.17) is 9.47 Å². The van der Waals surface area contributed by atoms with Crippen LogP contribution in [-0.4, -0.2) is 43.7 Å². The second-order valence-electron chi connectivity index (χ2n) is 2.64. The van der Waals surface area contributed by atoms with Crippen LogP contribution in [0.3, 0.4) is 0 Å². The molecule has 1 saturated heterocycles. The molecular weight excluding hydrogens is 176 g/mol. The Bertz CT molecular complexity index is 143. The molecule has 1 aliphatic rings. The summed E-state index contributed by atoms with van der Waals surface area (Å²) in [6.07, 6.45) is 2.28. The molecule has 1 atom stereocenters. The van der Waals surface area contributed by atoms with Crippen molar-refractivity contribution in [1.82, 2.24) is 0 Å². The van der Waals surface area contributed by atoms with E-state index in [1.54, 1.807) is 11.8 Å². The highest BCUT2D eigenvalue weighted by Gasteiger charge is 2.21. The minimum absolute atomic E-state index is 0.170. The summed E-state index contributed by atoms with van der Waals surface area (Å²) in [5.41, 5.74) is 0. The van der Waals surface area contributed by atoms with Crippen molar-refractivity contribution in [3.63, 3.8) is 0 Å². The third kappa shape index (κ3) is 3.13. The van der Waals surface area contributed by atoms with Gasteiger partial charge in [0, 0.05) is 6.42 Å². The lowest BCUT2D eigenvalue weighted by Crippen LogP contribution is -2.35. The van der Waals surface area contributed by atoms with Crippen LogP contribution in [-0.2, 0) is 14.3 Å². The predicted octanol–water partition coefficient (Wildman–Crippen LogP) is 0.724. The number of hydrogen-bond acceptors (Lipinski definition) is 4. The van der Waals surface area contributed by atoms with Gasteiger partial charge in [-0.05, 0) is 12.0 Å². The van der Waals surface area contributed by atoms with Gasteiger partial charge in [0.2, 0.25) is 0 Å². The van der Waals surface area contributed by atoms with Crippen molar-refractivity contribution < 1.29 is 14.3 Å². The average Bonchev–Trinajstić information content (AvgIpc) is 2.15. The quantitative estimate of drug-likeness (QED) is 0.654. The summed E-state index contributed by atoms with van der Waals surface area (Å²) in [5.74, 6) is 1.04. The minimum atomic E-state index is -0.300. The van der Waals surface area contributed by atoms with Crippen molar-refractivity contribution in [3.8, 4) is 0 Å². The molecule has 1 aliphatic heterocycles. The Morgan fingerprint density at radius 2 is 2.42 bits per heavy atom. The summed E-state index contributed by atoms with van der Waals surface area (Å²) in [5, 5.41) is 0. The van der Waals surface area contributed by atoms with Crippen molar-refractivity contribution in [3.05, 3.63) is 0 Å². The number of carbonyl (C=O) groups excluding carboxylic acids is 1. The van der Waals surface area contributed by atoms with Gasteiger partial charge >= 0.3 is 0 Å². The minimum Gasteiger partial charge on any atom is -0.376 e. The number of rotatable bonds is 4. The first-order chi connectivity index (χ1) is 5.84. The lowest BCUT2D eigenvalue weighted by atomic mass is 10.2. The van der Waals surface area contributed by atoms with Crippen molar-refractivity contribution in [2.24, 2.45) is 0 Å². The molecule has 0 radical (unpaired) electrons. The van der Waals surface area contributed by atoms with Gasteiger partial charge in [-0.15, -0.1) is 0 Å². The molecule has 4 heteroatoms. The standard InChI is InChI=1S/C8H14O3S/c1-12-5-2-7(9)8-6-10-3-4-11-8/h8H,2-6H2,1H3. The molecular formula is C8H14O3S. The molecule has 0 N–H and O–H groups in total. The van der Waals surface area contributed by atoms with Crippen LogP contribution in [0.25, 0.3) is 0 Å². The molecule has 12 heavy (non-hydrogen) atoms. The number of thioether (sulfide) groups is 1. The van der Waals surface area contributed by atoms with E-state index in [-0.39, 0.29) is 11.9 Å². The van der Waals surface area contributed by atoms with E-state index in [1.807, 2.05) is 6.26 Å². The molecule has 0 amide bonds. The van der Waals surface area contributed by atoms with Crippen LogP contribution in [0.2, 0.25) is 0 Å². The molecule has 3 nitrogen and oxygen atoms in total. The smallest absolute Gasteiger partial charge is 0.164 e. The fourth-order valence-electron chi connectivity index (χ4n) is 1.04. The topological polar surface area (TPSA) is 35.5 Å². The predicted molar refractivity (Wildman–Crippen MR) is 48.6 cm³/mol. The van der Waals surface area contributed by atoms with Crippen LogP contribution < -0.4 is 0 Å². The molecule has 70 valence electrons. The van der Waals surface area contributed by atoms with Gasteiger partial charge in [-0.25, -0.2) is 0 Å². The van der Waals surface area contributed by atoms with Gasteiger partial charge in [-0.1, -0.05) is 0 Å². The summed E-state index contributed by atoms with van der Waals surface area (Å²) < 4.78 is 10.4. The molecule has 0 saturated carbocycles. The first kappa shape index (κ1) is 10.0. The molecule has 0 aromatic carbocycles. The van der Waals surface area contributed by atoms with Gasteiger partial charge < -0.3 is 9.47 Å². The Morgan fingerprint density at radius 3 is 3.00 bits per heavy atom. The third-order valence-electron chi connectivity index (χ3n) is 1.73. The highest BCUT2D eigenvalue weighted by atomic mass is 32.2. The molecule has 1 fully saturated rings. The Kier molecular flexibility index (Phi) is 4.65. The summed E-state index contributed by atoms with van der Waals surface area (Å²) in [7, 11) is 0. The lowest BCUT2D eigenvalue weighted by molar-refractivity contribution is -0.144. The van der Waals surface area contributed by atoms with E-state index in [9.17, 15) is 4.79 Å². The number of ketones is 1. The molecule has 0 aromatic rings. The molecule has 0 aliphatic carbocycles. The van der Waals surface area contributed by atoms with Crippen LogP contribution in [0.5, 0.6) is 0 Å². The fraction of sp³-hybridized carbons (Fsp3) is 0.875. The fourth-order valence-corrected chi connectivity index (χ4v) is 1.44. The van der Waals surface area contributed by atoms with Crippen LogP contribution in [0.15, 0.2) is 0 Å². The van der Waals surface area contributed by atoms with E-state index in [0.29, 0.717) is 26.2 Å². The van der Waals surface area contributed by atoms with Crippen molar-refractivity contribution >= 4 is 17.5 Å². The van der Waals surface area contributed by atoms with Gasteiger partial charge in [-0.3, -0.25) is 4.79 Å². The van der Waals surface area contributed by atoms with Crippen molar-refractivity contribution in [1.29, 1.82) is 0 Å². The zero-order chi connectivity index (χ0) is 8.81. The summed E-state index contributed by atoms with van der Waals surface area (Å²) >= 11 is 1.68. The number of hydrogen-bond donors (Lipinski definition) is 0. The average molecular weight is 190 g/mol.